The molecule has 0 aliphatic carbocycles. The maximum absolute atomic E-state index is 14.2. The summed E-state index contributed by atoms with van der Waals surface area (Å²) in [4.78, 5) is 9.13. The first kappa shape index (κ1) is 26.8. The van der Waals surface area contributed by atoms with E-state index in [1.165, 1.54) is 50.5 Å². The molecule has 35 heavy (non-hydrogen) atoms. The van der Waals surface area contributed by atoms with E-state index >= 15 is 0 Å². The van der Waals surface area contributed by atoms with Gasteiger partial charge >= 0.3 is 0 Å². The molecule has 0 N–H and O–H groups in total. The van der Waals surface area contributed by atoms with Crippen molar-refractivity contribution in [2.75, 3.05) is 6.61 Å². The first-order valence-electron chi connectivity index (χ1n) is 13.5. The summed E-state index contributed by atoms with van der Waals surface area (Å²) in [5, 5.41) is 0. The van der Waals surface area contributed by atoms with E-state index in [-0.39, 0.29) is 6.61 Å². The van der Waals surface area contributed by atoms with Crippen LogP contribution in [0.3, 0.4) is 0 Å². The highest BCUT2D eigenvalue weighted by Gasteiger charge is 2.08. The molecule has 3 aromatic rings. The fourth-order valence-electron chi connectivity index (χ4n) is 4.16. The molecule has 1 atom stereocenters. The minimum Gasteiger partial charge on any atom is -0.491 e. The Morgan fingerprint density at radius 1 is 0.686 bits per heavy atom. The summed E-state index contributed by atoms with van der Waals surface area (Å²) >= 11 is 0. The minimum atomic E-state index is -0.910. The predicted octanol–water partition coefficient (Wildman–Crippen LogP) is 9.01. The number of aryl methyl sites for hydroxylation is 1. The number of halogens is 1. The van der Waals surface area contributed by atoms with Crippen molar-refractivity contribution < 1.29 is 9.13 Å². The highest BCUT2D eigenvalue weighted by atomic mass is 19.1. The van der Waals surface area contributed by atoms with Crippen LogP contribution < -0.4 is 4.74 Å². The minimum absolute atomic E-state index is 0.115. The Bertz CT molecular complexity index is 955. The van der Waals surface area contributed by atoms with Crippen molar-refractivity contribution in [3.8, 4) is 28.3 Å². The van der Waals surface area contributed by atoms with Crippen molar-refractivity contribution in [2.45, 2.75) is 90.6 Å². The molecular formula is C31H41FN2O. The molecule has 0 saturated carbocycles. The van der Waals surface area contributed by atoms with Crippen LogP contribution in [-0.4, -0.2) is 22.7 Å². The number of aromatic nitrogens is 2. The number of unbranched alkanes of at least 4 members (excludes halogenated alkanes) is 7. The Labute approximate surface area is 211 Å². The van der Waals surface area contributed by atoms with Crippen LogP contribution in [-0.2, 0) is 6.42 Å². The molecule has 3 nitrogen and oxygen atoms in total. The lowest BCUT2D eigenvalue weighted by atomic mass is 10.1. The van der Waals surface area contributed by atoms with Crippen LogP contribution in [0.4, 0.5) is 4.39 Å². The molecule has 0 aliphatic rings. The summed E-state index contributed by atoms with van der Waals surface area (Å²) in [5.74, 6) is 1.42. The second-order valence-electron chi connectivity index (χ2n) is 9.44. The predicted molar refractivity (Wildman–Crippen MR) is 145 cm³/mol. The van der Waals surface area contributed by atoms with Crippen LogP contribution in [0.15, 0.2) is 60.9 Å². The fraction of sp³-hybridized carbons (Fsp3) is 0.484. The van der Waals surface area contributed by atoms with Crippen LogP contribution in [0.2, 0.25) is 0 Å². The second-order valence-corrected chi connectivity index (χ2v) is 9.44. The average Bonchev–Trinajstić information content (AvgIpc) is 2.91. The molecule has 0 aliphatic heterocycles. The molecule has 1 heterocycles. The molecule has 0 amide bonds. The average molecular weight is 477 g/mol. The molecular weight excluding hydrogens is 435 g/mol. The topological polar surface area (TPSA) is 35.0 Å². The third-order valence-electron chi connectivity index (χ3n) is 6.42. The van der Waals surface area contributed by atoms with Crippen LogP contribution >= 0.6 is 0 Å². The van der Waals surface area contributed by atoms with Crippen LogP contribution in [0.5, 0.6) is 5.75 Å². The third kappa shape index (κ3) is 9.43. The van der Waals surface area contributed by atoms with E-state index in [4.69, 9.17) is 4.74 Å². The largest absolute Gasteiger partial charge is 0.491 e. The van der Waals surface area contributed by atoms with E-state index in [1.807, 2.05) is 36.7 Å². The van der Waals surface area contributed by atoms with Gasteiger partial charge in [-0.05, 0) is 42.5 Å². The van der Waals surface area contributed by atoms with Gasteiger partial charge in [0, 0.05) is 23.5 Å². The first-order valence-corrected chi connectivity index (χ1v) is 13.5. The number of hydrogen-bond donors (Lipinski definition) is 0. The van der Waals surface area contributed by atoms with Crippen molar-refractivity contribution in [3.05, 3.63) is 66.5 Å². The van der Waals surface area contributed by atoms with Gasteiger partial charge < -0.3 is 4.74 Å². The Kier molecular flexibility index (Phi) is 11.7. The smallest absolute Gasteiger partial charge is 0.159 e. The number of rotatable bonds is 16. The van der Waals surface area contributed by atoms with Gasteiger partial charge in [0.1, 0.15) is 18.5 Å². The zero-order valence-electron chi connectivity index (χ0n) is 21.5. The van der Waals surface area contributed by atoms with Crippen molar-refractivity contribution in [1.29, 1.82) is 0 Å². The van der Waals surface area contributed by atoms with Gasteiger partial charge in [-0.1, -0.05) is 102 Å². The molecule has 3 rings (SSSR count). The molecule has 0 spiro atoms. The van der Waals surface area contributed by atoms with Gasteiger partial charge in [0.15, 0.2) is 5.82 Å². The Hall–Kier alpha value is -2.75. The summed E-state index contributed by atoms with van der Waals surface area (Å²) in [6.07, 6.45) is 15.3. The highest BCUT2D eigenvalue weighted by Crippen LogP contribution is 2.24. The Balaban J connectivity index is 1.43. The zero-order valence-corrected chi connectivity index (χ0v) is 21.5. The van der Waals surface area contributed by atoms with E-state index < -0.39 is 6.17 Å². The van der Waals surface area contributed by atoms with Crippen LogP contribution in [0.1, 0.15) is 83.6 Å². The number of hydrogen-bond acceptors (Lipinski definition) is 3. The van der Waals surface area contributed by atoms with Gasteiger partial charge in [-0.15, -0.1) is 0 Å². The maximum atomic E-state index is 14.2. The van der Waals surface area contributed by atoms with Crippen molar-refractivity contribution in [2.24, 2.45) is 0 Å². The van der Waals surface area contributed by atoms with Gasteiger partial charge in [0.25, 0.3) is 0 Å². The zero-order chi connectivity index (χ0) is 24.7. The second kappa shape index (κ2) is 15.3. The fourth-order valence-corrected chi connectivity index (χ4v) is 4.16. The van der Waals surface area contributed by atoms with Gasteiger partial charge in [-0.3, -0.25) is 0 Å². The monoisotopic (exact) mass is 476 g/mol. The van der Waals surface area contributed by atoms with E-state index in [0.29, 0.717) is 12.2 Å². The summed E-state index contributed by atoms with van der Waals surface area (Å²) in [5.41, 5.74) is 4.34. The number of ether oxygens (including phenoxy) is 1. The molecule has 0 fully saturated rings. The molecule has 1 aromatic heterocycles. The van der Waals surface area contributed by atoms with Crippen molar-refractivity contribution in [1.82, 2.24) is 9.97 Å². The van der Waals surface area contributed by atoms with Crippen LogP contribution in [0, 0.1) is 0 Å². The van der Waals surface area contributed by atoms with Gasteiger partial charge in [-0.25, -0.2) is 14.4 Å². The van der Waals surface area contributed by atoms with Gasteiger partial charge in [-0.2, -0.15) is 0 Å². The molecule has 1 unspecified atom stereocenters. The molecule has 4 heteroatoms. The molecule has 0 bridgehead atoms. The quantitative estimate of drug-likeness (QED) is 0.193. The van der Waals surface area contributed by atoms with Gasteiger partial charge in [0.2, 0.25) is 0 Å². The van der Waals surface area contributed by atoms with E-state index in [2.05, 4.69) is 48.1 Å². The Morgan fingerprint density at radius 3 is 1.94 bits per heavy atom. The lowest BCUT2D eigenvalue weighted by molar-refractivity contribution is 0.184. The highest BCUT2D eigenvalue weighted by molar-refractivity contribution is 5.64. The molecule has 0 radical (unpaired) electrons. The Morgan fingerprint density at radius 2 is 1.29 bits per heavy atom. The number of alkyl halides is 1. The van der Waals surface area contributed by atoms with E-state index in [1.54, 1.807) is 0 Å². The maximum Gasteiger partial charge on any atom is 0.159 e. The van der Waals surface area contributed by atoms with Crippen molar-refractivity contribution >= 4 is 0 Å². The molecule has 0 saturated heterocycles. The lowest BCUT2D eigenvalue weighted by Crippen LogP contribution is -2.12. The normalized spacial score (nSPS) is 12.0. The van der Waals surface area contributed by atoms with Crippen molar-refractivity contribution in [3.63, 3.8) is 0 Å². The SMILES string of the molecule is CCCCCCCCCC(F)COc1ccc(-c2cnc(-c3ccc(CCCC)cc3)nc2)cc1. The molecule has 2 aromatic carbocycles. The molecule has 188 valence electrons. The number of benzene rings is 2. The van der Waals surface area contributed by atoms with E-state index in [0.717, 1.165) is 41.8 Å². The van der Waals surface area contributed by atoms with E-state index in [9.17, 15) is 4.39 Å². The standard InChI is InChI=1S/C31H41FN2O/c1-3-5-7-8-9-10-11-13-29(32)24-35-30-20-18-26(19-21-30)28-22-33-31(34-23-28)27-16-14-25(15-17-27)12-6-4-2/h14-23,29H,3-13,24H2,1-2H3. The van der Waals surface area contributed by atoms with Gasteiger partial charge in [0.05, 0.1) is 0 Å². The summed E-state index contributed by atoms with van der Waals surface area (Å²) in [7, 11) is 0. The lowest BCUT2D eigenvalue weighted by Gasteiger charge is -2.11. The number of nitrogens with zero attached hydrogens (tertiary/aromatic N) is 2. The summed E-state index contributed by atoms with van der Waals surface area (Å²) in [6, 6.07) is 16.2. The first-order chi connectivity index (χ1) is 17.2. The summed E-state index contributed by atoms with van der Waals surface area (Å²) in [6.45, 7) is 4.55. The third-order valence-corrected chi connectivity index (χ3v) is 6.42. The summed E-state index contributed by atoms with van der Waals surface area (Å²) < 4.78 is 19.8. The van der Waals surface area contributed by atoms with Crippen LogP contribution in [0.25, 0.3) is 22.5 Å².